The number of piperidine rings is 1. The first-order chi connectivity index (χ1) is 9.65. The van der Waals surface area contributed by atoms with Crippen molar-refractivity contribution in [1.29, 1.82) is 0 Å². The summed E-state index contributed by atoms with van der Waals surface area (Å²) in [5, 5.41) is 3.51. The molecular formula is C16H24FNO2. The van der Waals surface area contributed by atoms with Crippen molar-refractivity contribution in [1.82, 2.24) is 5.32 Å². The van der Waals surface area contributed by atoms with Gasteiger partial charge in [-0.15, -0.1) is 0 Å². The molecule has 1 aliphatic heterocycles. The molecule has 1 heterocycles. The Morgan fingerprint density at radius 2 is 2.10 bits per heavy atom. The third-order valence-electron chi connectivity index (χ3n) is 3.92. The largest absolute Gasteiger partial charge is 0.493 e. The van der Waals surface area contributed by atoms with Crippen LogP contribution in [0.1, 0.15) is 43.5 Å². The number of hydrogen-bond donors (Lipinski definition) is 1. The Morgan fingerprint density at radius 1 is 1.30 bits per heavy atom. The van der Waals surface area contributed by atoms with Crippen LogP contribution in [0.3, 0.4) is 0 Å². The van der Waals surface area contributed by atoms with E-state index in [0.29, 0.717) is 17.4 Å². The molecule has 0 saturated carbocycles. The molecule has 1 saturated heterocycles. The van der Waals surface area contributed by atoms with Gasteiger partial charge >= 0.3 is 0 Å². The normalized spacial score (nSPS) is 20.5. The lowest BCUT2D eigenvalue weighted by molar-refractivity contribution is 0.338. The Bertz CT molecular complexity index is 442. The molecule has 0 amide bonds. The van der Waals surface area contributed by atoms with Crippen LogP contribution in [-0.4, -0.2) is 26.8 Å². The smallest absolute Gasteiger partial charge is 0.163 e. The van der Waals surface area contributed by atoms with Gasteiger partial charge in [-0.1, -0.05) is 6.42 Å². The van der Waals surface area contributed by atoms with Crippen LogP contribution in [0.5, 0.6) is 11.5 Å². The number of hydrogen-bond acceptors (Lipinski definition) is 3. The molecule has 2 unspecified atom stereocenters. The summed E-state index contributed by atoms with van der Waals surface area (Å²) in [4.78, 5) is 0. The van der Waals surface area contributed by atoms with E-state index in [2.05, 4.69) is 5.32 Å². The van der Waals surface area contributed by atoms with Crippen LogP contribution < -0.4 is 14.8 Å². The molecule has 112 valence electrons. The molecule has 0 spiro atoms. The third kappa shape index (κ3) is 3.42. The average molecular weight is 281 g/mol. The standard InChI is InChI=1S/C16H24FNO2/c1-11(17)12-8-13(9-14-6-4-5-7-18-14)16(20-3)15(10-12)19-2/h8,10-11,14,18H,4-7,9H2,1-3H3. The topological polar surface area (TPSA) is 30.5 Å². The molecule has 4 heteroatoms. The minimum Gasteiger partial charge on any atom is -0.493 e. The highest BCUT2D eigenvalue weighted by atomic mass is 19.1. The van der Waals surface area contributed by atoms with Crippen LogP contribution in [0.25, 0.3) is 0 Å². The highest BCUT2D eigenvalue weighted by Gasteiger charge is 2.20. The number of rotatable bonds is 5. The fourth-order valence-electron chi connectivity index (χ4n) is 2.81. The highest BCUT2D eigenvalue weighted by molar-refractivity contribution is 5.50. The van der Waals surface area contributed by atoms with E-state index in [4.69, 9.17) is 9.47 Å². The Hall–Kier alpha value is -1.29. The maximum absolute atomic E-state index is 13.6. The molecule has 3 nitrogen and oxygen atoms in total. The first-order valence-corrected chi connectivity index (χ1v) is 7.28. The molecule has 1 aromatic rings. The molecule has 2 rings (SSSR count). The van der Waals surface area contributed by atoms with Crippen LogP contribution in [0.15, 0.2) is 12.1 Å². The summed E-state index contributed by atoms with van der Waals surface area (Å²) in [6, 6.07) is 4.07. The van der Waals surface area contributed by atoms with E-state index in [0.717, 1.165) is 30.7 Å². The summed E-state index contributed by atoms with van der Waals surface area (Å²) in [7, 11) is 3.22. The molecular weight excluding hydrogens is 257 g/mol. The molecule has 1 fully saturated rings. The van der Waals surface area contributed by atoms with Crippen LogP contribution in [0.2, 0.25) is 0 Å². The van der Waals surface area contributed by atoms with Crippen molar-refractivity contribution in [2.24, 2.45) is 0 Å². The Labute approximate surface area is 120 Å². The Morgan fingerprint density at radius 3 is 2.65 bits per heavy atom. The molecule has 1 N–H and O–H groups in total. The van der Waals surface area contributed by atoms with Gasteiger partial charge in [-0.05, 0) is 56.0 Å². The summed E-state index contributed by atoms with van der Waals surface area (Å²) >= 11 is 0. The summed E-state index contributed by atoms with van der Waals surface area (Å²) in [6.07, 6.45) is 3.48. The van der Waals surface area contributed by atoms with E-state index >= 15 is 0 Å². The Kier molecular flexibility index (Phi) is 5.24. The zero-order valence-corrected chi connectivity index (χ0v) is 12.5. The van der Waals surface area contributed by atoms with Gasteiger partial charge in [0.1, 0.15) is 6.17 Å². The second-order valence-corrected chi connectivity index (χ2v) is 5.38. The van der Waals surface area contributed by atoms with Gasteiger partial charge in [0.15, 0.2) is 11.5 Å². The summed E-state index contributed by atoms with van der Waals surface area (Å²) in [6.45, 7) is 2.60. The van der Waals surface area contributed by atoms with Crippen molar-refractivity contribution in [2.45, 2.75) is 44.8 Å². The van der Waals surface area contributed by atoms with E-state index in [1.165, 1.54) is 12.8 Å². The lowest BCUT2D eigenvalue weighted by Gasteiger charge is -2.25. The Balaban J connectivity index is 2.29. The van der Waals surface area contributed by atoms with Crippen LogP contribution >= 0.6 is 0 Å². The van der Waals surface area contributed by atoms with Crippen LogP contribution in [0, 0.1) is 0 Å². The number of benzene rings is 1. The van der Waals surface area contributed by atoms with E-state index in [9.17, 15) is 4.39 Å². The van der Waals surface area contributed by atoms with Crippen molar-refractivity contribution >= 4 is 0 Å². The van der Waals surface area contributed by atoms with E-state index < -0.39 is 6.17 Å². The lowest BCUT2D eigenvalue weighted by atomic mass is 9.95. The second kappa shape index (κ2) is 6.93. The van der Waals surface area contributed by atoms with Crippen molar-refractivity contribution in [3.8, 4) is 11.5 Å². The zero-order chi connectivity index (χ0) is 14.5. The van der Waals surface area contributed by atoms with Gasteiger partial charge in [0.2, 0.25) is 0 Å². The van der Waals surface area contributed by atoms with Gasteiger partial charge in [0, 0.05) is 6.04 Å². The molecule has 0 bridgehead atoms. The zero-order valence-electron chi connectivity index (χ0n) is 12.5. The summed E-state index contributed by atoms with van der Waals surface area (Å²) < 4.78 is 24.4. The minimum atomic E-state index is -1.01. The summed E-state index contributed by atoms with van der Waals surface area (Å²) in [5.41, 5.74) is 1.67. The monoisotopic (exact) mass is 281 g/mol. The number of halogens is 1. The maximum atomic E-state index is 13.6. The van der Waals surface area contributed by atoms with Gasteiger partial charge in [0.05, 0.1) is 14.2 Å². The van der Waals surface area contributed by atoms with Gasteiger partial charge in [-0.25, -0.2) is 4.39 Å². The van der Waals surface area contributed by atoms with Crippen molar-refractivity contribution in [3.05, 3.63) is 23.3 Å². The number of methoxy groups -OCH3 is 2. The van der Waals surface area contributed by atoms with E-state index in [1.807, 2.05) is 6.07 Å². The van der Waals surface area contributed by atoms with E-state index in [-0.39, 0.29) is 0 Å². The average Bonchev–Trinajstić information content (AvgIpc) is 2.47. The third-order valence-corrected chi connectivity index (χ3v) is 3.92. The summed E-state index contributed by atoms with van der Waals surface area (Å²) in [5.74, 6) is 1.34. The van der Waals surface area contributed by atoms with Gasteiger partial charge in [-0.3, -0.25) is 0 Å². The number of ether oxygens (including phenoxy) is 2. The molecule has 0 radical (unpaired) electrons. The lowest BCUT2D eigenvalue weighted by Crippen LogP contribution is -2.35. The number of alkyl halides is 1. The highest BCUT2D eigenvalue weighted by Crippen LogP contribution is 2.36. The molecule has 1 aromatic carbocycles. The predicted octanol–water partition coefficient (Wildman–Crippen LogP) is 3.42. The van der Waals surface area contributed by atoms with Crippen molar-refractivity contribution < 1.29 is 13.9 Å². The van der Waals surface area contributed by atoms with E-state index in [1.54, 1.807) is 27.2 Å². The van der Waals surface area contributed by atoms with Crippen LogP contribution in [-0.2, 0) is 6.42 Å². The van der Waals surface area contributed by atoms with Gasteiger partial charge in [-0.2, -0.15) is 0 Å². The molecule has 20 heavy (non-hydrogen) atoms. The predicted molar refractivity (Wildman–Crippen MR) is 78.4 cm³/mol. The van der Waals surface area contributed by atoms with Gasteiger partial charge < -0.3 is 14.8 Å². The molecule has 0 aromatic heterocycles. The van der Waals surface area contributed by atoms with Gasteiger partial charge in [0.25, 0.3) is 0 Å². The molecule has 2 atom stereocenters. The fourth-order valence-corrected chi connectivity index (χ4v) is 2.81. The fraction of sp³-hybridized carbons (Fsp3) is 0.625. The minimum absolute atomic E-state index is 0.438. The SMILES string of the molecule is COc1cc(C(C)F)cc(CC2CCCCN2)c1OC. The second-order valence-electron chi connectivity index (χ2n) is 5.38. The molecule has 1 aliphatic rings. The van der Waals surface area contributed by atoms with Crippen LogP contribution in [0.4, 0.5) is 4.39 Å². The molecule has 0 aliphatic carbocycles. The quantitative estimate of drug-likeness (QED) is 0.897. The maximum Gasteiger partial charge on any atom is 0.163 e. The first kappa shape index (κ1) is 15.1. The van der Waals surface area contributed by atoms with Crippen molar-refractivity contribution in [3.63, 3.8) is 0 Å². The first-order valence-electron chi connectivity index (χ1n) is 7.28. The van der Waals surface area contributed by atoms with Crippen molar-refractivity contribution in [2.75, 3.05) is 20.8 Å². The number of nitrogens with one attached hydrogen (secondary N) is 1.